The molecule has 0 aromatic rings. The van der Waals surface area contributed by atoms with Gasteiger partial charge in [0.2, 0.25) is 0 Å². The van der Waals surface area contributed by atoms with Crippen LogP contribution in [0.4, 0.5) is 4.79 Å². The minimum Gasteiger partial charge on any atom is -1.00 e. The van der Waals surface area contributed by atoms with Gasteiger partial charge in [0.05, 0.1) is 0 Å². The second-order valence-corrected chi connectivity index (χ2v) is 7.65. The predicted molar refractivity (Wildman–Crippen MR) is 87.0 cm³/mol. The fourth-order valence-corrected chi connectivity index (χ4v) is 2.83. The maximum atomic E-state index is 10.3. The molecule has 0 aliphatic heterocycles. The Morgan fingerprint density at radius 3 is 1.52 bits per heavy atom. The molecule has 0 heterocycles. The van der Waals surface area contributed by atoms with Crippen molar-refractivity contribution in [3.63, 3.8) is 0 Å². The van der Waals surface area contributed by atoms with Gasteiger partial charge in [0.25, 0.3) is 0 Å². The van der Waals surface area contributed by atoms with Crippen LogP contribution in [0.2, 0.25) is 0 Å². The molecule has 5 N–H and O–H groups in total. The molecule has 0 saturated heterocycles. The summed E-state index contributed by atoms with van der Waals surface area (Å²) >= 11 is 0. The molecule has 1 fully saturated rings. The van der Waals surface area contributed by atoms with Gasteiger partial charge in [-0.25, -0.2) is 0 Å². The van der Waals surface area contributed by atoms with Gasteiger partial charge in [-0.2, -0.15) is 7.11 Å². The van der Waals surface area contributed by atoms with Crippen molar-refractivity contribution in [2.75, 3.05) is 7.11 Å². The summed E-state index contributed by atoms with van der Waals surface area (Å²) < 4.78 is 0. The molecule has 1 aliphatic carbocycles. The molecule has 156 valence electrons. The van der Waals surface area contributed by atoms with Crippen molar-refractivity contribution in [1.82, 2.24) is 5.32 Å². The van der Waals surface area contributed by atoms with E-state index in [1.165, 1.54) is 12.8 Å². The van der Waals surface area contributed by atoms with Gasteiger partial charge < -0.3 is 56.6 Å². The molecule has 0 spiro atoms. The van der Waals surface area contributed by atoms with Crippen molar-refractivity contribution in [1.29, 1.82) is 0 Å². The van der Waals surface area contributed by atoms with Crippen LogP contribution >= 0.6 is 0 Å². The Balaban J connectivity index is -0.0000000907. The second kappa shape index (κ2) is 17.8. The number of halogens is 2. The number of hydrogen-bond acceptors (Lipinski definition) is 5. The van der Waals surface area contributed by atoms with E-state index in [0.29, 0.717) is 0 Å². The van der Waals surface area contributed by atoms with Crippen LogP contribution in [0, 0.1) is 5.41 Å². The number of rotatable bonds is 2. The average molecular weight is 583 g/mol. The van der Waals surface area contributed by atoms with Crippen LogP contribution in [0.25, 0.3) is 0 Å². The van der Waals surface area contributed by atoms with Crippen molar-refractivity contribution in [2.45, 2.75) is 84.3 Å². The third-order valence-electron chi connectivity index (χ3n) is 3.29. The van der Waals surface area contributed by atoms with E-state index >= 15 is 0 Å². The molecule has 1 aliphatic rings. The molecule has 6 nitrogen and oxygen atoms in total. The average Bonchev–Trinajstić information content (AvgIpc) is 2.31. The number of carbonyl (C=O) groups is 1. The third-order valence-corrected chi connectivity index (χ3v) is 3.29. The summed E-state index contributed by atoms with van der Waals surface area (Å²) in [4.78, 5) is 10.3. The first-order valence-electron chi connectivity index (χ1n) is 7.84. The van der Waals surface area contributed by atoms with Gasteiger partial charge in [0, 0.05) is 17.6 Å². The summed E-state index contributed by atoms with van der Waals surface area (Å²) in [6.45, 7) is 9.94. The standard InChI is InChI=1S/C9H19NO2.C6H14N2.CH3O.2ClH.Pt/c1-8(2,3)6-9(4,5)10-7(11)12;7-5-3-1-2-4-6(5)8;1-2;;;/h10H,6H2,1-5H3,(H,11,12);5-6H,1-4,7-8H2;1H3;2*1H;/q;;-1;;;+4/p-3/t;5-,6-;;;;/m.1..../s1. The van der Waals surface area contributed by atoms with Crippen molar-refractivity contribution < 1.29 is 60.9 Å². The molecule has 25 heavy (non-hydrogen) atoms. The summed E-state index contributed by atoms with van der Waals surface area (Å²) in [6, 6.07) is 0.562. The van der Waals surface area contributed by atoms with Crippen LogP contribution in [-0.4, -0.2) is 30.8 Å². The third kappa shape index (κ3) is 24.4. The molecule has 9 heteroatoms. The molecule has 2 atom stereocenters. The van der Waals surface area contributed by atoms with Crippen molar-refractivity contribution in [3.8, 4) is 0 Å². The maximum Gasteiger partial charge on any atom is 4.00 e. The topological polar surface area (TPSA) is 127 Å². The predicted octanol–water partition coefficient (Wildman–Crippen LogP) is -5.67. The Morgan fingerprint density at radius 1 is 1.00 bits per heavy atom. The van der Waals surface area contributed by atoms with Gasteiger partial charge >= 0.3 is 21.1 Å². The molecule has 1 saturated carbocycles. The Kier molecular flexibility index (Phi) is 25.9. The quantitative estimate of drug-likeness (QED) is 0.299. The first kappa shape index (κ1) is 36.4. The smallest absolute Gasteiger partial charge is 1.00 e. The summed E-state index contributed by atoms with van der Waals surface area (Å²) in [5, 5.41) is 20.9. The van der Waals surface area contributed by atoms with Crippen molar-refractivity contribution >= 4 is 6.09 Å². The number of nitrogens with one attached hydrogen (secondary N) is 1. The number of nitrogens with two attached hydrogens (primary N) is 2. The first-order valence-corrected chi connectivity index (χ1v) is 7.84. The van der Waals surface area contributed by atoms with Gasteiger partial charge in [-0.05, 0) is 38.5 Å². The molecule has 1 rings (SSSR count). The van der Waals surface area contributed by atoms with Gasteiger partial charge in [0.1, 0.15) is 6.09 Å². The van der Waals surface area contributed by atoms with E-state index in [0.717, 1.165) is 26.4 Å². The largest absolute Gasteiger partial charge is 4.00 e. The van der Waals surface area contributed by atoms with E-state index in [-0.39, 0.29) is 63.4 Å². The molecular weight excluding hydrogens is 548 g/mol. The zero-order valence-corrected chi connectivity index (χ0v) is 19.9. The SMILES string of the molecule is CC(C)(C)CC(C)(C)NC(=O)[O-].C[O-].N[C@@H]1CCCC[C@H]1N.[Cl-].[Cl-].[Pt+4]. The monoisotopic (exact) mass is 582 g/mol. The Bertz CT molecular complexity index is 307. The molecule has 0 bridgehead atoms. The molecule has 0 radical (unpaired) electrons. The van der Waals surface area contributed by atoms with E-state index in [9.17, 15) is 9.90 Å². The molecule has 0 aromatic heterocycles. The van der Waals surface area contributed by atoms with Gasteiger partial charge in [-0.1, -0.05) is 33.6 Å². The van der Waals surface area contributed by atoms with Crippen LogP contribution in [0.3, 0.4) is 0 Å². The van der Waals surface area contributed by atoms with Gasteiger partial charge in [0.15, 0.2) is 0 Å². The Labute approximate surface area is 180 Å². The zero-order chi connectivity index (χ0) is 18.0. The van der Waals surface area contributed by atoms with E-state index in [2.05, 4.69) is 26.1 Å². The van der Waals surface area contributed by atoms with Gasteiger partial charge in [-0.15, -0.1) is 0 Å². The normalized spacial score (nSPS) is 19.1. The maximum absolute atomic E-state index is 10.3. The molecule has 0 aromatic carbocycles. The fourth-order valence-electron chi connectivity index (χ4n) is 2.83. The number of amides is 1. The molecule has 0 unspecified atom stereocenters. The summed E-state index contributed by atoms with van der Waals surface area (Å²) in [6.07, 6.45) is 4.38. The second-order valence-electron chi connectivity index (χ2n) is 7.65. The van der Waals surface area contributed by atoms with Crippen LogP contribution < -0.4 is 51.8 Å². The van der Waals surface area contributed by atoms with Crippen LogP contribution in [0.5, 0.6) is 0 Å². The first-order chi connectivity index (χ1) is 9.93. The van der Waals surface area contributed by atoms with E-state index in [1.54, 1.807) is 0 Å². The molecule has 1 amide bonds. The zero-order valence-electron chi connectivity index (χ0n) is 16.1. The summed E-state index contributed by atoms with van der Waals surface area (Å²) in [7, 11) is 0.750. The summed E-state index contributed by atoms with van der Waals surface area (Å²) in [5.74, 6) is 0. The van der Waals surface area contributed by atoms with Crippen LogP contribution in [-0.2, 0) is 21.1 Å². The van der Waals surface area contributed by atoms with Crippen LogP contribution in [0.15, 0.2) is 0 Å². The van der Waals surface area contributed by atoms with Gasteiger partial charge in [-0.3, -0.25) is 0 Å². The number of carbonyl (C=O) groups excluding carboxylic acids is 1. The number of hydrogen-bond donors (Lipinski definition) is 3. The Morgan fingerprint density at radius 2 is 1.32 bits per heavy atom. The minimum absolute atomic E-state index is 0. The van der Waals surface area contributed by atoms with Crippen LogP contribution in [0.1, 0.15) is 66.7 Å². The molecular formula is C16H35Cl2N3O3Pt. The summed E-state index contributed by atoms with van der Waals surface area (Å²) in [5.41, 5.74) is 11.0. The van der Waals surface area contributed by atoms with E-state index < -0.39 is 11.6 Å². The van der Waals surface area contributed by atoms with Crippen molar-refractivity contribution in [3.05, 3.63) is 0 Å². The fraction of sp³-hybridized carbons (Fsp3) is 0.938. The van der Waals surface area contributed by atoms with E-state index in [4.69, 9.17) is 16.6 Å². The van der Waals surface area contributed by atoms with E-state index in [1.807, 2.05) is 13.8 Å². The minimum atomic E-state index is -1.20. The Hall–Kier alpha value is 0.418. The van der Waals surface area contributed by atoms with Crippen molar-refractivity contribution in [2.24, 2.45) is 16.9 Å². The number of carboxylic acid groups (broad SMARTS) is 1.